The summed E-state index contributed by atoms with van der Waals surface area (Å²) in [4.78, 5) is 11.8. The van der Waals surface area contributed by atoms with Gasteiger partial charge >= 0.3 is 5.97 Å². The minimum absolute atomic E-state index is 0.122. The number of methoxy groups -OCH3 is 1. The third-order valence-electron chi connectivity index (χ3n) is 3.54. The van der Waals surface area contributed by atoms with Gasteiger partial charge in [-0.15, -0.1) is 0 Å². The van der Waals surface area contributed by atoms with Gasteiger partial charge < -0.3 is 19.7 Å². The molecule has 1 aliphatic rings. The van der Waals surface area contributed by atoms with Gasteiger partial charge in [-0.1, -0.05) is 18.2 Å². The molecule has 104 valence electrons. The van der Waals surface area contributed by atoms with Crippen molar-refractivity contribution in [3.8, 4) is 5.75 Å². The monoisotopic (exact) mass is 266 g/mol. The molecule has 2 atom stereocenters. The maximum atomic E-state index is 11.8. The molecular weight excluding hydrogens is 248 g/mol. The van der Waals surface area contributed by atoms with Gasteiger partial charge in [-0.05, 0) is 12.5 Å². The van der Waals surface area contributed by atoms with Gasteiger partial charge in [0.05, 0.1) is 19.3 Å². The number of fused-ring (bicyclic) bond motifs is 1. The molecule has 0 aliphatic carbocycles. The van der Waals surface area contributed by atoms with E-state index in [9.17, 15) is 15.0 Å². The van der Waals surface area contributed by atoms with Crippen LogP contribution in [0.5, 0.6) is 5.75 Å². The summed E-state index contributed by atoms with van der Waals surface area (Å²) in [6.45, 7) is 0.459. The van der Waals surface area contributed by atoms with Crippen LogP contribution in [0.25, 0.3) is 0 Å². The summed E-state index contributed by atoms with van der Waals surface area (Å²) in [5.74, 6) is -0.348. The molecule has 5 heteroatoms. The predicted molar refractivity (Wildman–Crippen MR) is 68.4 cm³/mol. The van der Waals surface area contributed by atoms with Crippen molar-refractivity contribution in [1.29, 1.82) is 0 Å². The molecule has 1 aromatic carbocycles. The van der Waals surface area contributed by atoms with Crippen LogP contribution in [-0.4, -0.2) is 42.6 Å². The van der Waals surface area contributed by atoms with E-state index in [1.807, 2.05) is 6.07 Å². The third kappa shape index (κ3) is 2.57. The number of carboxylic acids is 1. The van der Waals surface area contributed by atoms with Gasteiger partial charge in [0.15, 0.2) is 0 Å². The molecule has 1 aliphatic heterocycles. The summed E-state index contributed by atoms with van der Waals surface area (Å²) >= 11 is 0. The molecule has 2 unspecified atom stereocenters. The third-order valence-corrected chi connectivity index (χ3v) is 3.54. The molecule has 1 aromatic rings. The first kappa shape index (κ1) is 13.8. The Labute approximate surface area is 111 Å². The highest BCUT2D eigenvalue weighted by Crippen LogP contribution is 2.42. The zero-order chi connectivity index (χ0) is 13.9. The van der Waals surface area contributed by atoms with E-state index in [0.717, 1.165) is 0 Å². The summed E-state index contributed by atoms with van der Waals surface area (Å²) in [6.07, 6.45) is -0.344. The lowest BCUT2D eigenvalue weighted by atomic mass is 9.72. The zero-order valence-electron chi connectivity index (χ0n) is 10.8. The Bertz CT molecular complexity index is 459. The van der Waals surface area contributed by atoms with E-state index in [4.69, 9.17) is 9.47 Å². The Morgan fingerprint density at radius 1 is 1.53 bits per heavy atom. The van der Waals surface area contributed by atoms with E-state index in [2.05, 4.69) is 0 Å². The van der Waals surface area contributed by atoms with Gasteiger partial charge in [-0.3, -0.25) is 4.79 Å². The first-order valence-electron chi connectivity index (χ1n) is 6.23. The number of para-hydroxylation sites is 1. The van der Waals surface area contributed by atoms with Crippen molar-refractivity contribution >= 4 is 5.97 Å². The number of aliphatic hydroxyl groups is 1. The van der Waals surface area contributed by atoms with Crippen LogP contribution in [0.4, 0.5) is 0 Å². The van der Waals surface area contributed by atoms with Crippen LogP contribution in [0, 0.1) is 0 Å². The molecule has 19 heavy (non-hydrogen) atoms. The smallest absolute Gasteiger partial charge is 0.314 e. The first-order valence-corrected chi connectivity index (χ1v) is 6.23. The molecule has 0 bridgehead atoms. The predicted octanol–water partition coefficient (Wildman–Crippen LogP) is 1.19. The lowest BCUT2D eigenvalue weighted by Crippen LogP contribution is -2.44. The number of ether oxygens (including phenoxy) is 2. The van der Waals surface area contributed by atoms with E-state index in [1.54, 1.807) is 18.2 Å². The normalized spacial score (nSPS) is 23.3. The van der Waals surface area contributed by atoms with Crippen LogP contribution in [0.2, 0.25) is 0 Å². The Morgan fingerprint density at radius 3 is 2.95 bits per heavy atom. The summed E-state index contributed by atoms with van der Waals surface area (Å²) in [5, 5.41) is 19.6. The van der Waals surface area contributed by atoms with Gasteiger partial charge in [-0.25, -0.2) is 0 Å². The second kappa shape index (κ2) is 5.59. The molecule has 2 N–H and O–H groups in total. The first-order chi connectivity index (χ1) is 9.10. The molecule has 0 saturated heterocycles. The standard InChI is InChI=1S/C14H18O5/c1-18-9-10(15)8-14(13(16)17)6-7-19-12-5-3-2-4-11(12)14/h2-5,10,15H,6-9H2,1H3,(H,16,17). The van der Waals surface area contributed by atoms with Gasteiger partial charge in [0, 0.05) is 19.1 Å². The van der Waals surface area contributed by atoms with Crippen LogP contribution >= 0.6 is 0 Å². The van der Waals surface area contributed by atoms with Gasteiger partial charge in [0.2, 0.25) is 0 Å². The molecule has 2 rings (SSSR count). The molecule has 1 heterocycles. The van der Waals surface area contributed by atoms with Crippen molar-refractivity contribution in [2.45, 2.75) is 24.4 Å². The minimum atomic E-state index is -1.10. The number of hydrogen-bond donors (Lipinski definition) is 2. The Hall–Kier alpha value is -1.59. The summed E-state index contributed by atoms with van der Waals surface area (Å²) in [7, 11) is 1.48. The average molecular weight is 266 g/mol. The van der Waals surface area contributed by atoms with Crippen LogP contribution < -0.4 is 4.74 Å². The topological polar surface area (TPSA) is 76.0 Å². The van der Waals surface area contributed by atoms with Gasteiger partial charge in [0.1, 0.15) is 11.2 Å². The highest BCUT2D eigenvalue weighted by Gasteiger charge is 2.45. The molecule has 5 nitrogen and oxygen atoms in total. The van der Waals surface area contributed by atoms with Crippen molar-refractivity contribution < 1.29 is 24.5 Å². The van der Waals surface area contributed by atoms with E-state index in [0.29, 0.717) is 24.3 Å². The number of aliphatic hydroxyl groups excluding tert-OH is 1. The molecular formula is C14H18O5. The Kier molecular flexibility index (Phi) is 4.07. The fourth-order valence-corrected chi connectivity index (χ4v) is 2.63. The lowest BCUT2D eigenvalue weighted by molar-refractivity contribution is -0.147. The number of carbonyl (C=O) groups is 1. The van der Waals surface area contributed by atoms with Crippen molar-refractivity contribution in [1.82, 2.24) is 0 Å². The second-order valence-electron chi connectivity index (χ2n) is 4.80. The molecule has 0 spiro atoms. The second-order valence-corrected chi connectivity index (χ2v) is 4.80. The van der Waals surface area contributed by atoms with E-state index in [1.165, 1.54) is 7.11 Å². The van der Waals surface area contributed by atoms with Crippen LogP contribution in [0.1, 0.15) is 18.4 Å². The van der Waals surface area contributed by atoms with Gasteiger partial charge in [-0.2, -0.15) is 0 Å². The lowest BCUT2D eigenvalue weighted by Gasteiger charge is -2.36. The van der Waals surface area contributed by atoms with Crippen LogP contribution in [0.15, 0.2) is 24.3 Å². The SMILES string of the molecule is COCC(O)CC1(C(=O)O)CCOc2ccccc21. The van der Waals surface area contributed by atoms with E-state index >= 15 is 0 Å². The van der Waals surface area contributed by atoms with Crippen molar-refractivity contribution in [3.05, 3.63) is 29.8 Å². The number of carboxylic acid groups (broad SMARTS) is 1. The van der Waals surface area contributed by atoms with Crippen LogP contribution in [0.3, 0.4) is 0 Å². The number of hydrogen-bond acceptors (Lipinski definition) is 4. The van der Waals surface area contributed by atoms with E-state index < -0.39 is 17.5 Å². The molecule has 0 aromatic heterocycles. The fourth-order valence-electron chi connectivity index (χ4n) is 2.63. The highest BCUT2D eigenvalue weighted by atomic mass is 16.5. The maximum absolute atomic E-state index is 11.8. The summed E-state index contributed by atoms with van der Waals surface area (Å²) in [5.41, 5.74) is -0.476. The Balaban J connectivity index is 2.38. The number of aliphatic carboxylic acids is 1. The molecule has 0 radical (unpaired) electrons. The van der Waals surface area contributed by atoms with Crippen molar-refractivity contribution in [3.63, 3.8) is 0 Å². The number of benzene rings is 1. The fraction of sp³-hybridized carbons (Fsp3) is 0.500. The average Bonchev–Trinajstić information content (AvgIpc) is 2.39. The highest BCUT2D eigenvalue weighted by molar-refractivity contribution is 5.83. The Morgan fingerprint density at radius 2 is 2.26 bits per heavy atom. The minimum Gasteiger partial charge on any atom is -0.493 e. The number of rotatable bonds is 5. The zero-order valence-corrected chi connectivity index (χ0v) is 10.8. The molecule has 0 fully saturated rings. The van der Waals surface area contributed by atoms with E-state index in [-0.39, 0.29) is 13.0 Å². The summed E-state index contributed by atoms with van der Waals surface area (Å²) < 4.78 is 10.4. The maximum Gasteiger partial charge on any atom is 0.314 e. The van der Waals surface area contributed by atoms with Crippen molar-refractivity contribution in [2.75, 3.05) is 20.3 Å². The summed E-state index contributed by atoms with van der Waals surface area (Å²) in [6, 6.07) is 7.10. The van der Waals surface area contributed by atoms with Gasteiger partial charge in [0.25, 0.3) is 0 Å². The van der Waals surface area contributed by atoms with Crippen molar-refractivity contribution in [2.24, 2.45) is 0 Å². The quantitative estimate of drug-likeness (QED) is 0.837. The molecule has 0 saturated carbocycles. The largest absolute Gasteiger partial charge is 0.493 e. The van der Waals surface area contributed by atoms with Crippen LogP contribution in [-0.2, 0) is 14.9 Å². The molecule has 0 amide bonds.